The lowest BCUT2D eigenvalue weighted by Crippen LogP contribution is -2.45. The number of hydrogen-bond acceptors (Lipinski definition) is 2. The molecule has 0 aromatic heterocycles. The van der Waals surface area contributed by atoms with Gasteiger partial charge < -0.3 is 4.74 Å². The van der Waals surface area contributed by atoms with E-state index in [0.29, 0.717) is 18.8 Å². The molecular formula is C15H18F2O2. The minimum atomic E-state index is -1.08. The normalized spacial score (nSPS) is 27.3. The zero-order valence-electron chi connectivity index (χ0n) is 11.2. The summed E-state index contributed by atoms with van der Waals surface area (Å²) in [5.41, 5.74) is -1.22. The first-order valence-corrected chi connectivity index (χ1v) is 6.54. The fourth-order valence-electron chi connectivity index (χ4n) is 2.91. The van der Waals surface area contributed by atoms with Crippen LogP contribution >= 0.6 is 0 Å². The van der Waals surface area contributed by atoms with Crippen LogP contribution in [-0.2, 0) is 4.74 Å². The lowest BCUT2D eigenvalue weighted by molar-refractivity contribution is -0.0305. The number of halogens is 2. The van der Waals surface area contributed by atoms with E-state index in [4.69, 9.17) is 4.74 Å². The zero-order chi connectivity index (χ0) is 14.0. The van der Waals surface area contributed by atoms with Crippen LogP contribution in [0.4, 0.5) is 8.78 Å². The minimum absolute atomic E-state index is 0.212. The average molecular weight is 268 g/mol. The van der Waals surface area contributed by atoms with Gasteiger partial charge in [-0.2, -0.15) is 0 Å². The molecule has 1 aromatic rings. The SMILES string of the molecule is COC1(C(=O)c2cccc(F)c2F)CCCC(C)C1. The van der Waals surface area contributed by atoms with Crippen molar-refractivity contribution in [2.45, 2.75) is 38.2 Å². The summed E-state index contributed by atoms with van der Waals surface area (Å²) in [5, 5.41) is 0. The van der Waals surface area contributed by atoms with Gasteiger partial charge in [-0.3, -0.25) is 4.79 Å². The molecule has 0 aliphatic heterocycles. The van der Waals surface area contributed by atoms with Crippen molar-refractivity contribution in [2.75, 3.05) is 7.11 Å². The Morgan fingerprint density at radius 2 is 2.16 bits per heavy atom. The molecule has 2 nitrogen and oxygen atoms in total. The van der Waals surface area contributed by atoms with E-state index in [1.165, 1.54) is 19.2 Å². The third-order valence-electron chi connectivity index (χ3n) is 3.96. The van der Waals surface area contributed by atoms with E-state index in [9.17, 15) is 13.6 Å². The Kier molecular flexibility index (Phi) is 3.99. The van der Waals surface area contributed by atoms with Crippen molar-refractivity contribution in [1.29, 1.82) is 0 Å². The molecule has 0 N–H and O–H groups in total. The van der Waals surface area contributed by atoms with Gasteiger partial charge in [-0.05, 0) is 37.3 Å². The number of ether oxygens (including phenoxy) is 1. The highest BCUT2D eigenvalue weighted by molar-refractivity contribution is 6.02. The summed E-state index contributed by atoms with van der Waals surface area (Å²) in [6.07, 6.45) is 3.00. The van der Waals surface area contributed by atoms with Gasteiger partial charge in [-0.15, -0.1) is 0 Å². The van der Waals surface area contributed by atoms with Gasteiger partial charge in [0.25, 0.3) is 0 Å². The van der Waals surface area contributed by atoms with Crippen LogP contribution in [0.2, 0.25) is 0 Å². The maximum Gasteiger partial charge on any atom is 0.197 e. The molecule has 4 heteroatoms. The van der Waals surface area contributed by atoms with Crippen molar-refractivity contribution >= 4 is 5.78 Å². The molecule has 0 radical (unpaired) electrons. The second-order valence-electron chi connectivity index (χ2n) is 5.33. The van der Waals surface area contributed by atoms with Crippen LogP contribution in [0.15, 0.2) is 18.2 Å². The first-order valence-electron chi connectivity index (χ1n) is 6.54. The van der Waals surface area contributed by atoms with Crippen molar-refractivity contribution in [1.82, 2.24) is 0 Å². The summed E-state index contributed by atoms with van der Waals surface area (Å²) in [6.45, 7) is 2.04. The Labute approximate surface area is 111 Å². The highest BCUT2D eigenvalue weighted by Gasteiger charge is 2.43. The van der Waals surface area contributed by atoms with Gasteiger partial charge in [0.15, 0.2) is 17.4 Å². The zero-order valence-corrected chi connectivity index (χ0v) is 11.2. The molecule has 2 atom stereocenters. The lowest BCUT2D eigenvalue weighted by Gasteiger charge is -2.37. The molecule has 0 amide bonds. The molecule has 1 aliphatic carbocycles. The van der Waals surface area contributed by atoms with Gasteiger partial charge in [0, 0.05) is 7.11 Å². The second kappa shape index (κ2) is 5.37. The molecule has 0 heterocycles. The van der Waals surface area contributed by atoms with Crippen molar-refractivity contribution in [3.63, 3.8) is 0 Å². The molecule has 19 heavy (non-hydrogen) atoms. The molecule has 1 saturated carbocycles. The van der Waals surface area contributed by atoms with Crippen molar-refractivity contribution in [3.05, 3.63) is 35.4 Å². The largest absolute Gasteiger partial charge is 0.370 e. The van der Waals surface area contributed by atoms with E-state index in [-0.39, 0.29) is 5.56 Å². The van der Waals surface area contributed by atoms with Gasteiger partial charge >= 0.3 is 0 Å². The summed E-state index contributed by atoms with van der Waals surface area (Å²) in [7, 11) is 1.47. The number of Topliss-reactive ketones (excluding diaryl/α,β-unsaturated/α-hetero) is 1. The third-order valence-corrected chi connectivity index (χ3v) is 3.96. The van der Waals surface area contributed by atoms with Crippen LogP contribution in [0.1, 0.15) is 43.0 Å². The summed E-state index contributed by atoms with van der Waals surface area (Å²) < 4.78 is 32.4. The van der Waals surface area contributed by atoms with Gasteiger partial charge in [0.2, 0.25) is 0 Å². The summed E-state index contributed by atoms with van der Waals surface area (Å²) in [6, 6.07) is 3.68. The van der Waals surface area contributed by atoms with E-state index < -0.39 is 23.0 Å². The van der Waals surface area contributed by atoms with Crippen LogP contribution in [0, 0.1) is 17.6 Å². The van der Waals surface area contributed by atoms with Crippen molar-refractivity contribution < 1.29 is 18.3 Å². The van der Waals surface area contributed by atoms with E-state index in [1.807, 2.05) is 6.92 Å². The van der Waals surface area contributed by atoms with Crippen molar-refractivity contribution in [3.8, 4) is 0 Å². The van der Waals surface area contributed by atoms with Crippen LogP contribution in [-0.4, -0.2) is 18.5 Å². The number of ketones is 1. The molecule has 2 rings (SSSR count). The van der Waals surface area contributed by atoms with Gasteiger partial charge in [0.05, 0.1) is 5.56 Å². The lowest BCUT2D eigenvalue weighted by atomic mass is 9.74. The number of methoxy groups -OCH3 is 1. The Morgan fingerprint density at radius 3 is 2.79 bits per heavy atom. The molecule has 104 valence electrons. The molecule has 2 unspecified atom stereocenters. The Balaban J connectivity index is 2.38. The smallest absolute Gasteiger partial charge is 0.197 e. The first-order chi connectivity index (χ1) is 9.00. The fourth-order valence-corrected chi connectivity index (χ4v) is 2.91. The first kappa shape index (κ1) is 14.1. The summed E-state index contributed by atoms with van der Waals surface area (Å²) in [4.78, 5) is 12.5. The summed E-state index contributed by atoms with van der Waals surface area (Å²) >= 11 is 0. The molecule has 1 fully saturated rings. The number of hydrogen-bond donors (Lipinski definition) is 0. The van der Waals surface area contributed by atoms with Crippen LogP contribution in [0.5, 0.6) is 0 Å². The maximum atomic E-state index is 13.8. The molecule has 1 aliphatic rings. The van der Waals surface area contributed by atoms with Gasteiger partial charge in [-0.1, -0.05) is 19.4 Å². The van der Waals surface area contributed by atoms with E-state index in [0.717, 1.165) is 18.9 Å². The quantitative estimate of drug-likeness (QED) is 0.780. The fraction of sp³-hybridized carbons (Fsp3) is 0.533. The number of rotatable bonds is 3. The van der Waals surface area contributed by atoms with Crippen LogP contribution in [0.3, 0.4) is 0 Å². The van der Waals surface area contributed by atoms with Crippen LogP contribution in [0.25, 0.3) is 0 Å². The van der Waals surface area contributed by atoms with E-state index >= 15 is 0 Å². The molecule has 0 bridgehead atoms. The number of carbonyl (C=O) groups is 1. The Hall–Kier alpha value is -1.29. The predicted molar refractivity (Wildman–Crippen MR) is 68.1 cm³/mol. The molecule has 0 saturated heterocycles. The highest BCUT2D eigenvalue weighted by atomic mass is 19.2. The maximum absolute atomic E-state index is 13.8. The standard InChI is InChI=1S/C15H18F2O2/c1-10-5-4-8-15(9-10,19-2)14(18)11-6-3-7-12(16)13(11)17/h3,6-7,10H,4-5,8-9H2,1-2H3. The average Bonchev–Trinajstić information content (AvgIpc) is 2.41. The highest BCUT2D eigenvalue weighted by Crippen LogP contribution is 2.37. The van der Waals surface area contributed by atoms with Gasteiger partial charge in [0.1, 0.15) is 5.60 Å². The predicted octanol–water partition coefficient (Wildman–Crippen LogP) is 3.74. The Morgan fingerprint density at radius 1 is 1.42 bits per heavy atom. The monoisotopic (exact) mass is 268 g/mol. The van der Waals surface area contributed by atoms with Crippen LogP contribution < -0.4 is 0 Å². The topological polar surface area (TPSA) is 26.3 Å². The molecule has 0 spiro atoms. The number of benzene rings is 1. The second-order valence-corrected chi connectivity index (χ2v) is 5.33. The van der Waals surface area contributed by atoms with E-state index in [2.05, 4.69) is 0 Å². The molecular weight excluding hydrogens is 250 g/mol. The minimum Gasteiger partial charge on any atom is -0.370 e. The van der Waals surface area contributed by atoms with E-state index in [1.54, 1.807) is 0 Å². The number of carbonyl (C=O) groups excluding carboxylic acids is 1. The third kappa shape index (κ3) is 2.54. The summed E-state index contributed by atoms with van der Waals surface area (Å²) in [5.74, 6) is -2.18. The molecule has 1 aromatic carbocycles. The van der Waals surface area contributed by atoms with Crippen molar-refractivity contribution in [2.24, 2.45) is 5.92 Å². The Bertz CT molecular complexity index is 487. The van der Waals surface area contributed by atoms with Gasteiger partial charge in [-0.25, -0.2) is 8.78 Å².